The fourth-order valence-corrected chi connectivity index (χ4v) is 2.55. The minimum Gasteiger partial charge on any atom is -0.398 e. The van der Waals surface area contributed by atoms with Crippen molar-refractivity contribution in [3.05, 3.63) is 29.3 Å². The predicted octanol–water partition coefficient (Wildman–Crippen LogP) is 2.99. The molecule has 1 fully saturated rings. The molecule has 0 spiro atoms. The Morgan fingerprint density at radius 1 is 1.30 bits per heavy atom. The molecule has 0 aromatic heterocycles. The lowest BCUT2D eigenvalue weighted by molar-refractivity contribution is -0.183. The third kappa shape index (κ3) is 2.89. The fourth-order valence-electron chi connectivity index (χ4n) is 2.55. The molecule has 2 rings (SSSR count). The van der Waals surface area contributed by atoms with Crippen LogP contribution in [-0.4, -0.2) is 30.1 Å². The molecule has 6 heteroatoms. The molecular formula is C14H17F3N2O. The Labute approximate surface area is 115 Å². The van der Waals surface area contributed by atoms with Crippen LogP contribution in [-0.2, 0) is 0 Å². The van der Waals surface area contributed by atoms with Gasteiger partial charge in [-0.2, -0.15) is 13.2 Å². The molecule has 0 unspecified atom stereocenters. The summed E-state index contributed by atoms with van der Waals surface area (Å²) in [6.07, 6.45) is -4.25. The molecule has 0 bridgehead atoms. The number of nitrogens with two attached hydrogens (primary N) is 1. The van der Waals surface area contributed by atoms with Gasteiger partial charge in [0.25, 0.3) is 5.91 Å². The highest BCUT2D eigenvalue weighted by atomic mass is 19.4. The van der Waals surface area contributed by atoms with Crippen LogP contribution in [0.2, 0.25) is 0 Å². The van der Waals surface area contributed by atoms with Crippen LogP contribution < -0.4 is 5.73 Å². The lowest BCUT2D eigenvalue weighted by Crippen LogP contribution is -2.42. The number of halogens is 3. The molecule has 1 aliphatic rings. The zero-order valence-electron chi connectivity index (χ0n) is 11.2. The number of carbonyl (C=O) groups is 1. The van der Waals surface area contributed by atoms with Crippen LogP contribution >= 0.6 is 0 Å². The first-order chi connectivity index (χ1) is 9.30. The first kappa shape index (κ1) is 14.7. The summed E-state index contributed by atoms with van der Waals surface area (Å²) >= 11 is 0. The van der Waals surface area contributed by atoms with Crippen molar-refractivity contribution in [3.63, 3.8) is 0 Å². The topological polar surface area (TPSA) is 46.3 Å². The van der Waals surface area contributed by atoms with E-state index in [0.29, 0.717) is 11.3 Å². The van der Waals surface area contributed by atoms with Crippen LogP contribution in [0.5, 0.6) is 0 Å². The van der Waals surface area contributed by atoms with Crippen molar-refractivity contribution in [2.75, 3.05) is 18.8 Å². The molecule has 0 aliphatic carbocycles. The summed E-state index contributed by atoms with van der Waals surface area (Å²) < 4.78 is 37.8. The Bertz CT molecular complexity index is 485. The second-order valence-corrected chi connectivity index (χ2v) is 5.15. The number of anilines is 1. The number of hydrogen-bond donors (Lipinski definition) is 1. The number of benzene rings is 1. The Morgan fingerprint density at radius 3 is 2.40 bits per heavy atom. The minimum absolute atomic E-state index is 0.0406. The molecular weight excluding hydrogens is 269 g/mol. The third-order valence-corrected chi connectivity index (χ3v) is 3.76. The van der Waals surface area contributed by atoms with Crippen LogP contribution in [0.4, 0.5) is 18.9 Å². The fraction of sp³-hybridized carbons (Fsp3) is 0.500. The SMILES string of the molecule is Cc1cccc(N)c1C(=O)N1CCC(C(F)(F)F)CC1. The summed E-state index contributed by atoms with van der Waals surface area (Å²) in [5, 5.41) is 0. The van der Waals surface area contributed by atoms with Gasteiger partial charge in [0, 0.05) is 18.8 Å². The van der Waals surface area contributed by atoms with Crippen molar-refractivity contribution < 1.29 is 18.0 Å². The number of nitrogen functional groups attached to an aromatic ring is 1. The molecule has 1 aromatic rings. The molecule has 0 radical (unpaired) electrons. The minimum atomic E-state index is -4.17. The van der Waals surface area contributed by atoms with E-state index in [-0.39, 0.29) is 31.8 Å². The van der Waals surface area contributed by atoms with Crippen LogP contribution in [0.3, 0.4) is 0 Å². The van der Waals surface area contributed by atoms with Crippen LogP contribution in [0, 0.1) is 12.8 Å². The molecule has 1 saturated heterocycles. The first-order valence-corrected chi connectivity index (χ1v) is 6.51. The standard InChI is InChI=1S/C14H17F3N2O/c1-9-3-2-4-11(18)12(9)13(20)19-7-5-10(6-8-19)14(15,16)17/h2-4,10H,5-8,18H2,1H3. The number of carbonyl (C=O) groups excluding carboxylic acids is 1. The molecule has 0 atom stereocenters. The summed E-state index contributed by atoms with van der Waals surface area (Å²) in [5.41, 5.74) is 7.31. The number of aryl methyl sites for hydroxylation is 1. The average Bonchev–Trinajstić information content (AvgIpc) is 2.37. The normalized spacial score (nSPS) is 17.3. The monoisotopic (exact) mass is 286 g/mol. The van der Waals surface area contributed by atoms with E-state index < -0.39 is 12.1 Å². The highest BCUT2D eigenvalue weighted by Crippen LogP contribution is 2.34. The van der Waals surface area contributed by atoms with Gasteiger partial charge in [0.2, 0.25) is 0 Å². The lowest BCUT2D eigenvalue weighted by Gasteiger charge is -2.33. The van der Waals surface area contributed by atoms with E-state index in [1.54, 1.807) is 25.1 Å². The highest BCUT2D eigenvalue weighted by Gasteiger charge is 2.41. The Kier molecular flexibility index (Phi) is 3.92. The number of amides is 1. The zero-order valence-corrected chi connectivity index (χ0v) is 11.2. The van der Waals surface area contributed by atoms with E-state index in [4.69, 9.17) is 5.73 Å². The summed E-state index contributed by atoms with van der Waals surface area (Å²) in [4.78, 5) is 13.8. The van der Waals surface area contributed by atoms with E-state index in [1.807, 2.05) is 0 Å². The van der Waals surface area contributed by atoms with Crippen LogP contribution in [0.1, 0.15) is 28.8 Å². The maximum atomic E-state index is 12.6. The summed E-state index contributed by atoms with van der Waals surface area (Å²) in [7, 11) is 0. The van der Waals surface area contributed by atoms with E-state index in [1.165, 1.54) is 4.90 Å². The van der Waals surface area contributed by atoms with Crippen molar-refractivity contribution in [3.8, 4) is 0 Å². The van der Waals surface area contributed by atoms with Crippen LogP contribution in [0.25, 0.3) is 0 Å². The molecule has 1 aliphatic heterocycles. The second kappa shape index (κ2) is 5.34. The third-order valence-electron chi connectivity index (χ3n) is 3.76. The Morgan fingerprint density at radius 2 is 1.90 bits per heavy atom. The maximum absolute atomic E-state index is 12.6. The quantitative estimate of drug-likeness (QED) is 0.807. The van der Waals surface area contributed by atoms with Gasteiger partial charge in [0.05, 0.1) is 11.5 Å². The molecule has 2 N–H and O–H groups in total. The first-order valence-electron chi connectivity index (χ1n) is 6.51. The summed E-state index contributed by atoms with van der Waals surface area (Å²) in [6.45, 7) is 2.01. The largest absolute Gasteiger partial charge is 0.398 e. The van der Waals surface area contributed by atoms with Gasteiger partial charge in [-0.15, -0.1) is 0 Å². The number of likely N-dealkylation sites (tertiary alicyclic amines) is 1. The van der Waals surface area contributed by atoms with Gasteiger partial charge in [-0.1, -0.05) is 12.1 Å². The molecule has 3 nitrogen and oxygen atoms in total. The van der Waals surface area contributed by atoms with Gasteiger partial charge in [-0.05, 0) is 31.4 Å². The summed E-state index contributed by atoms with van der Waals surface area (Å²) in [5.74, 6) is -1.58. The number of piperidine rings is 1. The van der Waals surface area contributed by atoms with Gasteiger partial charge < -0.3 is 10.6 Å². The van der Waals surface area contributed by atoms with E-state index in [2.05, 4.69) is 0 Å². The predicted molar refractivity (Wildman–Crippen MR) is 70.3 cm³/mol. The molecule has 110 valence electrons. The molecule has 1 heterocycles. The molecule has 1 amide bonds. The average molecular weight is 286 g/mol. The van der Waals surface area contributed by atoms with Crippen molar-refractivity contribution in [2.24, 2.45) is 5.92 Å². The van der Waals surface area contributed by atoms with Crippen molar-refractivity contribution in [2.45, 2.75) is 25.9 Å². The van der Waals surface area contributed by atoms with Crippen LogP contribution in [0.15, 0.2) is 18.2 Å². The van der Waals surface area contributed by atoms with Gasteiger partial charge in [-0.3, -0.25) is 4.79 Å². The van der Waals surface area contributed by atoms with Gasteiger partial charge in [0.15, 0.2) is 0 Å². The van der Waals surface area contributed by atoms with Gasteiger partial charge >= 0.3 is 6.18 Å². The lowest BCUT2D eigenvalue weighted by atomic mass is 9.95. The van der Waals surface area contributed by atoms with Gasteiger partial charge in [0.1, 0.15) is 0 Å². The van der Waals surface area contributed by atoms with E-state index in [0.717, 1.165) is 5.56 Å². The Hall–Kier alpha value is -1.72. The maximum Gasteiger partial charge on any atom is 0.391 e. The smallest absolute Gasteiger partial charge is 0.391 e. The molecule has 1 aromatic carbocycles. The number of nitrogens with zero attached hydrogens (tertiary/aromatic N) is 1. The van der Waals surface area contributed by atoms with Crippen molar-refractivity contribution in [1.82, 2.24) is 4.90 Å². The second-order valence-electron chi connectivity index (χ2n) is 5.15. The summed E-state index contributed by atoms with van der Waals surface area (Å²) in [6, 6.07) is 5.14. The number of alkyl halides is 3. The zero-order chi connectivity index (χ0) is 14.9. The van der Waals surface area contributed by atoms with Crippen molar-refractivity contribution >= 4 is 11.6 Å². The van der Waals surface area contributed by atoms with E-state index in [9.17, 15) is 18.0 Å². The molecule has 0 saturated carbocycles. The number of hydrogen-bond acceptors (Lipinski definition) is 2. The highest BCUT2D eigenvalue weighted by molar-refractivity contribution is 6.00. The van der Waals surface area contributed by atoms with E-state index >= 15 is 0 Å². The number of rotatable bonds is 1. The molecule has 20 heavy (non-hydrogen) atoms. The Balaban J connectivity index is 2.09. The van der Waals surface area contributed by atoms with Crippen molar-refractivity contribution in [1.29, 1.82) is 0 Å². The van der Waals surface area contributed by atoms with Gasteiger partial charge in [-0.25, -0.2) is 0 Å².